The molecule has 3 aromatic carbocycles. The summed E-state index contributed by atoms with van der Waals surface area (Å²) in [7, 11) is 0. The Bertz CT molecular complexity index is 1610. The molecular formula is C32H29ClN4O3. The van der Waals surface area contributed by atoms with Crippen LogP contribution in [0.25, 0.3) is 11.0 Å². The Balaban J connectivity index is 1.18. The van der Waals surface area contributed by atoms with E-state index in [1.807, 2.05) is 85.1 Å². The van der Waals surface area contributed by atoms with Gasteiger partial charge in [0.2, 0.25) is 0 Å². The van der Waals surface area contributed by atoms with E-state index in [4.69, 9.17) is 16.3 Å². The smallest absolute Gasteiger partial charge is 0.153 e. The van der Waals surface area contributed by atoms with Crippen molar-refractivity contribution in [2.75, 3.05) is 37.6 Å². The molecule has 7 nitrogen and oxygen atoms in total. The lowest BCUT2D eigenvalue weighted by molar-refractivity contribution is 0.0337. The third-order valence-electron chi connectivity index (χ3n) is 7.49. The van der Waals surface area contributed by atoms with E-state index < -0.39 is 5.60 Å². The number of hydrogen-bond donors (Lipinski definition) is 2. The monoisotopic (exact) mass is 552 g/mol. The van der Waals surface area contributed by atoms with Gasteiger partial charge in [0.1, 0.15) is 22.7 Å². The van der Waals surface area contributed by atoms with E-state index in [9.17, 15) is 9.90 Å². The van der Waals surface area contributed by atoms with Crippen molar-refractivity contribution in [3.05, 3.63) is 119 Å². The first-order chi connectivity index (χ1) is 19.5. The molecule has 1 aliphatic heterocycles. The van der Waals surface area contributed by atoms with Crippen LogP contribution in [0.1, 0.15) is 21.5 Å². The van der Waals surface area contributed by atoms with Crippen molar-refractivity contribution >= 4 is 34.6 Å². The van der Waals surface area contributed by atoms with Crippen LogP contribution in [0.2, 0.25) is 5.02 Å². The standard InChI is InChI=1S/C32H29ClN4O3/c33-27-9-7-26(8-10-27)32(39,25-4-2-1-3-5-25)22-36-14-16-37(17-15-36)28-11-6-24(21-38)30(19-28)40-29-18-23-12-13-34-31(23)35-20-29/h1-13,18-21,39H,14-17,22H2,(H,34,35). The summed E-state index contributed by atoms with van der Waals surface area (Å²) < 4.78 is 6.12. The highest BCUT2D eigenvalue weighted by molar-refractivity contribution is 6.30. The lowest BCUT2D eigenvalue weighted by Gasteiger charge is -2.40. The van der Waals surface area contributed by atoms with E-state index in [-0.39, 0.29) is 0 Å². The molecule has 0 saturated carbocycles. The van der Waals surface area contributed by atoms with Gasteiger partial charge < -0.3 is 19.7 Å². The van der Waals surface area contributed by atoms with Gasteiger partial charge in [-0.1, -0.05) is 54.1 Å². The number of benzene rings is 3. The summed E-state index contributed by atoms with van der Waals surface area (Å²) in [5.74, 6) is 1.06. The summed E-state index contributed by atoms with van der Waals surface area (Å²) in [5.41, 5.74) is 2.72. The van der Waals surface area contributed by atoms with Crippen molar-refractivity contribution in [1.29, 1.82) is 0 Å². The number of aliphatic hydroxyl groups is 1. The fraction of sp³-hybridized carbons (Fsp3) is 0.188. The summed E-state index contributed by atoms with van der Waals surface area (Å²) in [6.45, 7) is 3.52. The normalized spacial score (nSPS) is 15.6. The molecule has 1 atom stereocenters. The van der Waals surface area contributed by atoms with Crippen molar-refractivity contribution < 1.29 is 14.6 Å². The number of ether oxygens (including phenoxy) is 1. The zero-order chi connectivity index (χ0) is 27.5. The van der Waals surface area contributed by atoms with E-state index in [0.717, 1.165) is 60.3 Å². The minimum atomic E-state index is -1.17. The third-order valence-corrected chi connectivity index (χ3v) is 7.74. The molecule has 1 saturated heterocycles. The molecule has 1 fully saturated rings. The van der Waals surface area contributed by atoms with Gasteiger partial charge in [0.15, 0.2) is 6.29 Å². The van der Waals surface area contributed by atoms with Gasteiger partial charge in [-0.25, -0.2) is 4.98 Å². The molecule has 0 amide bonds. The van der Waals surface area contributed by atoms with Crippen molar-refractivity contribution in [1.82, 2.24) is 14.9 Å². The molecule has 0 radical (unpaired) electrons. The first-order valence-corrected chi connectivity index (χ1v) is 13.6. The number of carbonyl (C=O) groups is 1. The maximum absolute atomic E-state index is 12.0. The van der Waals surface area contributed by atoms with E-state index in [0.29, 0.717) is 28.6 Å². The Morgan fingerprint density at radius 1 is 0.950 bits per heavy atom. The lowest BCUT2D eigenvalue weighted by Crippen LogP contribution is -2.51. The second kappa shape index (κ2) is 11.1. The highest BCUT2D eigenvalue weighted by Gasteiger charge is 2.35. The SMILES string of the molecule is O=Cc1ccc(N2CCN(CC(O)(c3ccccc3)c3ccc(Cl)cc3)CC2)cc1Oc1cnc2[nH]ccc2c1. The first kappa shape index (κ1) is 26.1. The number of aromatic nitrogens is 2. The fourth-order valence-electron chi connectivity index (χ4n) is 5.28. The number of H-pyrrole nitrogens is 1. The number of hydrogen-bond acceptors (Lipinski definition) is 6. The van der Waals surface area contributed by atoms with Crippen molar-refractivity contribution in [2.24, 2.45) is 0 Å². The number of halogens is 1. The number of pyridine rings is 1. The molecule has 0 aliphatic carbocycles. The molecule has 40 heavy (non-hydrogen) atoms. The maximum Gasteiger partial charge on any atom is 0.153 e. The number of anilines is 1. The third kappa shape index (κ3) is 5.31. The number of nitrogens with one attached hydrogen (secondary N) is 1. The summed E-state index contributed by atoms with van der Waals surface area (Å²) in [5, 5.41) is 13.6. The molecule has 0 bridgehead atoms. The van der Waals surface area contributed by atoms with Crippen LogP contribution in [0, 0.1) is 0 Å². The molecule has 1 aliphatic rings. The van der Waals surface area contributed by atoms with Crippen LogP contribution in [0.5, 0.6) is 11.5 Å². The van der Waals surface area contributed by atoms with Gasteiger partial charge in [-0.05, 0) is 47.5 Å². The Kier molecular flexibility index (Phi) is 7.26. The van der Waals surface area contributed by atoms with E-state index in [2.05, 4.69) is 19.8 Å². The van der Waals surface area contributed by atoms with E-state index in [1.165, 1.54) is 0 Å². The van der Waals surface area contributed by atoms with Crippen molar-refractivity contribution in [2.45, 2.75) is 5.60 Å². The number of aldehydes is 1. The van der Waals surface area contributed by atoms with Crippen LogP contribution < -0.4 is 9.64 Å². The van der Waals surface area contributed by atoms with Gasteiger partial charge in [0.25, 0.3) is 0 Å². The minimum Gasteiger partial charge on any atom is -0.455 e. The van der Waals surface area contributed by atoms with Crippen LogP contribution in [0.15, 0.2) is 97.3 Å². The van der Waals surface area contributed by atoms with Crippen LogP contribution in [-0.4, -0.2) is 59.0 Å². The summed E-state index contributed by atoms with van der Waals surface area (Å²) in [6.07, 6.45) is 4.28. The molecule has 202 valence electrons. The van der Waals surface area contributed by atoms with E-state index >= 15 is 0 Å². The zero-order valence-electron chi connectivity index (χ0n) is 21.8. The lowest BCUT2D eigenvalue weighted by atomic mass is 9.85. The summed E-state index contributed by atoms with van der Waals surface area (Å²) in [4.78, 5) is 23.8. The number of carbonyl (C=O) groups excluding carboxylic acids is 1. The number of β-amino-alcohol motifs (C(OH)–C–C–N with tert-alkyl or cyclic N) is 1. The second-order valence-corrected chi connectivity index (χ2v) is 10.5. The highest BCUT2D eigenvalue weighted by atomic mass is 35.5. The average molecular weight is 553 g/mol. The predicted molar refractivity (Wildman–Crippen MR) is 158 cm³/mol. The van der Waals surface area contributed by atoms with Crippen LogP contribution >= 0.6 is 11.6 Å². The molecule has 1 unspecified atom stereocenters. The predicted octanol–water partition coefficient (Wildman–Crippen LogP) is 5.88. The quantitative estimate of drug-likeness (QED) is 0.234. The summed E-state index contributed by atoms with van der Waals surface area (Å²) in [6, 6.07) is 26.7. The highest BCUT2D eigenvalue weighted by Crippen LogP contribution is 2.33. The number of aromatic amines is 1. The fourth-order valence-corrected chi connectivity index (χ4v) is 5.41. The number of nitrogens with zero attached hydrogens (tertiary/aromatic N) is 3. The first-order valence-electron chi connectivity index (χ1n) is 13.2. The minimum absolute atomic E-state index is 0.458. The molecule has 2 aromatic heterocycles. The maximum atomic E-state index is 12.0. The Labute approximate surface area is 237 Å². The molecule has 3 heterocycles. The van der Waals surface area contributed by atoms with Gasteiger partial charge >= 0.3 is 0 Å². The number of piperazine rings is 1. The van der Waals surface area contributed by atoms with Crippen LogP contribution in [0.4, 0.5) is 5.69 Å². The molecule has 0 spiro atoms. The van der Waals surface area contributed by atoms with Gasteiger partial charge in [-0.2, -0.15) is 0 Å². The number of fused-ring (bicyclic) bond motifs is 1. The van der Waals surface area contributed by atoms with Crippen molar-refractivity contribution in [3.63, 3.8) is 0 Å². The second-order valence-electron chi connectivity index (χ2n) is 10.0. The average Bonchev–Trinajstić information content (AvgIpc) is 3.46. The molecule has 5 aromatic rings. The topological polar surface area (TPSA) is 81.7 Å². The largest absolute Gasteiger partial charge is 0.455 e. The summed E-state index contributed by atoms with van der Waals surface area (Å²) >= 11 is 6.14. The molecular weight excluding hydrogens is 524 g/mol. The molecule has 6 rings (SSSR count). The molecule has 2 N–H and O–H groups in total. The van der Waals surface area contributed by atoms with Gasteiger partial charge in [0, 0.05) is 61.1 Å². The van der Waals surface area contributed by atoms with Gasteiger partial charge in [0.05, 0.1) is 11.8 Å². The zero-order valence-corrected chi connectivity index (χ0v) is 22.6. The Hall–Kier alpha value is -4.17. The van der Waals surface area contributed by atoms with Gasteiger partial charge in [-0.15, -0.1) is 0 Å². The van der Waals surface area contributed by atoms with E-state index in [1.54, 1.807) is 12.3 Å². The Morgan fingerprint density at radius 3 is 2.45 bits per heavy atom. The Morgan fingerprint density at radius 2 is 1.70 bits per heavy atom. The van der Waals surface area contributed by atoms with Gasteiger partial charge in [-0.3, -0.25) is 9.69 Å². The number of rotatable bonds is 8. The van der Waals surface area contributed by atoms with Crippen molar-refractivity contribution in [3.8, 4) is 11.5 Å². The van der Waals surface area contributed by atoms with Crippen LogP contribution in [-0.2, 0) is 5.60 Å². The molecule has 8 heteroatoms. The van der Waals surface area contributed by atoms with Crippen LogP contribution in [0.3, 0.4) is 0 Å².